The van der Waals surface area contributed by atoms with E-state index in [0.717, 1.165) is 26.1 Å². The Kier molecular flexibility index (Phi) is 10.0. The fourth-order valence-corrected chi connectivity index (χ4v) is 2.01. The van der Waals surface area contributed by atoms with Crippen molar-refractivity contribution in [1.29, 1.82) is 0 Å². The van der Waals surface area contributed by atoms with Crippen LogP contribution in [0.5, 0.6) is 0 Å². The largest absolute Gasteiger partial charge is 0.330 e. The Morgan fingerprint density at radius 1 is 1.28 bits per heavy atom. The zero-order chi connectivity index (χ0) is 13.9. The van der Waals surface area contributed by atoms with Gasteiger partial charge in [0.2, 0.25) is 0 Å². The summed E-state index contributed by atoms with van der Waals surface area (Å²) < 4.78 is 0. The van der Waals surface area contributed by atoms with E-state index in [-0.39, 0.29) is 5.41 Å². The third-order valence-corrected chi connectivity index (χ3v) is 3.43. The minimum absolute atomic E-state index is 0.266. The van der Waals surface area contributed by atoms with Crippen molar-refractivity contribution >= 4 is 0 Å². The van der Waals surface area contributed by atoms with E-state index < -0.39 is 0 Å². The van der Waals surface area contributed by atoms with Gasteiger partial charge in [0.25, 0.3) is 0 Å². The third-order valence-electron chi connectivity index (χ3n) is 3.43. The van der Waals surface area contributed by atoms with E-state index in [9.17, 15) is 0 Å². The molecular formula is C16H32N2. The molecule has 0 aliphatic heterocycles. The minimum atomic E-state index is 0.266. The molecule has 0 aromatic heterocycles. The van der Waals surface area contributed by atoms with Crippen molar-refractivity contribution in [3.63, 3.8) is 0 Å². The van der Waals surface area contributed by atoms with Gasteiger partial charge >= 0.3 is 0 Å². The molecule has 2 nitrogen and oxygen atoms in total. The molecule has 3 N–H and O–H groups in total. The molecule has 0 unspecified atom stereocenters. The van der Waals surface area contributed by atoms with Gasteiger partial charge in [-0.2, -0.15) is 0 Å². The average molecular weight is 252 g/mol. The lowest BCUT2D eigenvalue weighted by Gasteiger charge is -2.29. The summed E-state index contributed by atoms with van der Waals surface area (Å²) >= 11 is 0. The topological polar surface area (TPSA) is 38.0 Å². The molecule has 18 heavy (non-hydrogen) atoms. The number of hydrogen-bond donors (Lipinski definition) is 2. The molecule has 0 aromatic rings. The fraction of sp³-hybridized carbons (Fsp3) is 0.812. The Morgan fingerprint density at radius 3 is 2.50 bits per heavy atom. The van der Waals surface area contributed by atoms with E-state index in [2.05, 4.69) is 44.8 Å². The zero-order valence-electron chi connectivity index (χ0n) is 12.8. The first-order valence-corrected chi connectivity index (χ1v) is 7.42. The number of rotatable bonds is 10. The van der Waals surface area contributed by atoms with Crippen LogP contribution in [0.1, 0.15) is 59.8 Å². The van der Waals surface area contributed by atoms with Crippen LogP contribution in [-0.4, -0.2) is 19.6 Å². The summed E-state index contributed by atoms with van der Waals surface area (Å²) in [5.41, 5.74) is 10.5. The van der Waals surface area contributed by atoms with Crippen molar-refractivity contribution in [2.45, 2.75) is 59.8 Å². The molecule has 0 spiro atoms. The Morgan fingerprint density at radius 2 is 2.00 bits per heavy atom. The smallest absolute Gasteiger partial charge is 0.00796 e. The van der Waals surface area contributed by atoms with Crippen LogP contribution < -0.4 is 11.1 Å². The molecule has 0 heterocycles. The van der Waals surface area contributed by atoms with Crippen LogP contribution in [0.4, 0.5) is 0 Å². The van der Waals surface area contributed by atoms with Crippen LogP contribution in [0.3, 0.4) is 0 Å². The van der Waals surface area contributed by atoms with Crippen LogP contribution in [0.25, 0.3) is 0 Å². The monoisotopic (exact) mass is 252 g/mol. The lowest BCUT2D eigenvalue weighted by Crippen LogP contribution is -2.33. The highest BCUT2D eigenvalue weighted by atomic mass is 14.9. The van der Waals surface area contributed by atoms with E-state index >= 15 is 0 Å². The quantitative estimate of drug-likeness (QED) is 0.460. The first-order valence-electron chi connectivity index (χ1n) is 7.42. The van der Waals surface area contributed by atoms with Crippen molar-refractivity contribution in [1.82, 2.24) is 5.32 Å². The summed E-state index contributed by atoms with van der Waals surface area (Å²) in [6, 6.07) is 0. The van der Waals surface area contributed by atoms with Crippen molar-refractivity contribution in [3.05, 3.63) is 17.4 Å². The van der Waals surface area contributed by atoms with E-state index in [1.807, 2.05) is 0 Å². The van der Waals surface area contributed by atoms with Crippen LogP contribution in [0.15, 0.2) is 17.4 Å². The molecule has 0 rings (SSSR count). The molecule has 0 fully saturated rings. The average Bonchev–Trinajstić information content (AvgIpc) is 2.37. The lowest BCUT2D eigenvalue weighted by atomic mass is 9.80. The fourth-order valence-electron chi connectivity index (χ4n) is 2.01. The molecule has 1 atom stereocenters. The molecule has 2 heteroatoms. The van der Waals surface area contributed by atoms with E-state index in [1.165, 1.54) is 31.3 Å². The van der Waals surface area contributed by atoms with E-state index in [1.54, 1.807) is 0 Å². The van der Waals surface area contributed by atoms with Gasteiger partial charge in [0.15, 0.2) is 0 Å². The minimum Gasteiger partial charge on any atom is -0.330 e. The summed E-state index contributed by atoms with van der Waals surface area (Å²) in [4.78, 5) is 0. The summed E-state index contributed by atoms with van der Waals surface area (Å²) in [6.45, 7) is 11.6. The molecule has 0 aliphatic carbocycles. The highest BCUT2D eigenvalue weighted by molar-refractivity contribution is 5.04. The SMILES string of the molecule is CCCC[C@](C=C=C(C)C)(CC)CNCCCN. The van der Waals surface area contributed by atoms with Crippen molar-refractivity contribution < 1.29 is 0 Å². The van der Waals surface area contributed by atoms with Crippen LogP contribution >= 0.6 is 0 Å². The first kappa shape index (κ1) is 17.4. The predicted octanol–water partition coefficient (Wildman–Crippen LogP) is 3.63. The number of hydrogen-bond acceptors (Lipinski definition) is 2. The third kappa shape index (κ3) is 7.71. The molecular weight excluding hydrogens is 220 g/mol. The summed E-state index contributed by atoms with van der Waals surface area (Å²) in [5.74, 6) is 0. The maximum Gasteiger partial charge on any atom is 0.00796 e. The second-order valence-electron chi connectivity index (χ2n) is 5.43. The normalized spacial score (nSPS) is 13.8. The van der Waals surface area contributed by atoms with Gasteiger partial charge in [0, 0.05) is 12.0 Å². The summed E-state index contributed by atoms with van der Waals surface area (Å²) in [5, 5.41) is 3.55. The van der Waals surface area contributed by atoms with Gasteiger partial charge in [-0.15, -0.1) is 5.73 Å². The Bertz CT molecular complexity index is 260. The molecule has 0 bridgehead atoms. The molecule has 0 saturated heterocycles. The van der Waals surface area contributed by atoms with E-state index in [0.29, 0.717) is 0 Å². The van der Waals surface area contributed by atoms with Gasteiger partial charge in [-0.1, -0.05) is 26.7 Å². The molecule has 0 radical (unpaired) electrons. The van der Waals surface area contributed by atoms with Gasteiger partial charge in [-0.25, -0.2) is 0 Å². The summed E-state index contributed by atoms with van der Waals surface area (Å²) in [7, 11) is 0. The zero-order valence-corrected chi connectivity index (χ0v) is 12.8. The van der Waals surface area contributed by atoms with Crippen LogP contribution in [0, 0.1) is 5.41 Å². The number of nitrogens with one attached hydrogen (secondary N) is 1. The number of unbranched alkanes of at least 4 members (excludes halogenated alkanes) is 1. The Hall–Kier alpha value is -0.560. The highest BCUT2D eigenvalue weighted by Crippen LogP contribution is 2.29. The van der Waals surface area contributed by atoms with Crippen molar-refractivity contribution in [3.8, 4) is 0 Å². The molecule has 0 saturated carbocycles. The second-order valence-corrected chi connectivity index (χ2v) is 5.43. The van der Waals surface area contributed by atoms with Gasteiger partial charge in [-0.05, 0) is 57.8 Å². The maximum atomic E-state index is 5.53. The maximum absolute atomic E-state index is 5.53. The molecule has 0 aromatic carbocycles. The standard InChI is InChI=1S/C16H32N2/c1-5-7-10-16(6-2,11-9-15(3)4)14-18-13-8-12-17/h11,18H,5-8,10,12-14,17H2,1-4H3/t16-/m0/s1. The first-order chi connectivity index (χ1) is 8.60. The molecule has 0 amide bonds. The van der Waals surface area contributed by atoms with Gasteiger partial charge in [0.1, 0.15) is 0 Å². The van der Waals surface area contributed by atoms with Crippen molar-refractivity contribution in [2.75, 3.05) is 19.6 Å². The predicted molar refractivity (Wildman–Crippen MR) is 81.7 cm³/mol. The van der Waals surface area contributed by atoms with E-state index in [4.69, 9.17) is 5.73 Å². The Balaban J connectivity index is 4.59. The Labute approximate surface area is 114 Å². The van der Waals surface area contributed by atoms with Gasteiger partial charge in [-0.3, -0.25) is 0 Å². The van der Waals surface area contributed by atoms with Crippen LogP contribution in [0.2, 0.25) is 0 Å². The molecule has 106 valence electrons. The lowest BCUT2D eigenvalue weighted by molar-refractivity contribution is 0.308. The molecule has 0 aliphatic rings. The van der Waals surface area contributed by atoms with Crippen molar-refractivity contribution in [2.24, 2.45) is 11.1 Å². The van der Waals surface area contributed by atoms with Gasteiger partial charge in [0.05, 0.1) is 0 Å². The van der Waals surface area contributed by atoms with Gasteiger partial charge < -0.3 is 11.1 Å². The summed E-state index contributed by atoms with van der Waals surface area (Å²) in [6.07, 6.45) is 8.31. The van der Waals surface area contributed by atoms with Crippen LogP contribution in [-0.2, 0) is 0 Å². The number of nitrogens with two attached hydrogens (primary N) is 1. The highest BCUT2D eigenvalue weighted by Gasteiger charge is 2.23. The second kappa shape index (κ2) is 10.4.